The number of rotatable bonds is 5. The van der Waals surface area contributed by atoms with Gasteiger partial charge >= 0.3 is 0 Å². The lowest BCUT2D eigenvalue weighted by molar-refractivity contribution is 0.385. The van der Waals surface area contributed by atoms with Crippen LogP contribution in [0, 0.1) is 11.7 Å². The fraction of sp³-hybridized carbons (Fsp3) is 0.500. The molecule has 0 spiro atoms. The first-order chi connectivity index (χ1) is 13.1. The number of fused-ring (bicyclic) bond motifs is 1. The van der Waals surface area contributed by atoms with E-state index in [2.05, 4.69) is 18.2 Å². The molecule has 0 aromatic heterocycles. The van der Waals surface area contributed by atoms with Crippen LogP contribution in [0.15, 0.2) is 36.4 Å². The van der Waals surface area contributed by atoms with Crippen LogP contribution in [0.25, 0.3) is 0 Å². The van der Waals surface area contributed by atoms with Gasteiger partial charge in [0.15, 0.2) is 11.6 Å². The van der Waals surface area contributed by atoms with Crippen molar-refractivity contribution in [1.82, 2.24) is 0 Å². The molecule has 2 aromatic carbocycles. The molecule has 1 fully saturated rings. The third-order valence-corrected chi connectivity index (χ3v) is 6.56. The maximum atomic E-state index is 13.6. The van der Waals surface area contributed by atoms with Crippen LogP contribution in [0.3, 0.4) is 0 Å². The first-order valence-corrected chi connectivity index (χ1v) is 10.3. The fourth-order valence-corrected chi connectivity index (χ4v) is 4.90. The van der Waals surface area contributed by atoms with Gasteiger partial charge in [0.1, 0.15) is 0 Å². The van der Waals surface area contributed by atoms with E-state index in [1.807, 2.05) is 12.1 Å². The normalized spacial score (nSPS) is 24.6. The predicted octanol–water partition coefficient (Wildman–Crippen LogP) is 5.17. The average Bonchev–Trinajstić information content (AvgIpc) is 3.13. The highest BCUT2D eigenvalue weighted by Crippen LogP contribution is 2.36. The van der Waals surface area contributed by atoms with Crippen molar-refractivity contribution in [1.29, 1.82) is 0 Å². The van der Waals surface area contributed by atoms with Crippen molar-refractivity contribution in [3.05, 3.63) is 64.5 Å². The van der Waals surface area contributed by atoms with E-state index in [1.165, 1.54) is 43.6 Å². The van der Waals surface area contributed by atoms with Gasteiger partial charge in [-0.05, 0) is 97.6 Å². The Labute approximate surface area is 161 Å². The molecule has 0 amide bonds. The van der Waals surface area contributed by atoms with Crippen LogP contribution in [0.2, 0.25) is 0 Å². The van der Waals surface area contributed by atoms with Crippen LogP contribution in [-0.4, -0.2) is 13.2 Å². The quantitative estimate of drug-likeness (QED) is 0.791. The van der Waals surface area contributed by atoms with Crippen molar-refractivity contribution in [3.63, 3.8) is 0 Å². The first-order valence-electron chi connectivity index (χ1n) is 10.3. The maximum absolute atomic E-state index is 13.6. The molecule has 3 atom stereocenters. The van der Waals surface area contributed by atoms with Gasteiger partial charge in [-0.2, -0.15) is 0 Å². The molecule has 3 heteroatoms. The summed E-state index contributed by atoms with van der Waals surface area (Å²) in [6, 6.07) is 12.8. The Morgan fingerprint density at radius 3 is 2.74 bits per heavy atom. The van der Waals surface area contributed by atoms with E-state index in [9.17, 15) is 4.39 Å². The molecule has 144 valence electrons. The summed E-state index contributed by atoms with van der Waals surface area (Å²) in [6.07, 6.45) is 9.27. The van der Waals surface area contributed by atoms with Crippen LogP contribution in [0.5, 0.6) is 5.75 Å². The monoisotopic (exact) mass is 367 g/mol. The number of methoxy groups -OCH3 is 1. The molecule has 4 rings (SSSR count). The van der Waals surface area contributed by atoms with E-state index in [1.54, 1.807) is 5.56 Å². The van der Waals surface area contributed by atoms with Gasteiger partial charge in [0.05, 0.1) is 7.11 Å². The molecule has 0 heterocycles. The van der Waals surface area contributed by atoms with Crippen molar-refractivity contribution in [2.75, 3.05) is 7.11 Å². The first kappa shape index (κ1) is 18.5. The topological polar surface area (TPSA) is 35.2 Å². The van der Waals surface area contributed by atoms with Gasteiger partial charge in [-0.1, -0.05) is 24.3 Å². The smallest absolute Gasteiger partial charge is 0.165 e. The Balaban J connectivity index is 1.37. The standard InChI is InChI=1S/C24H30FNO/c1-27-24-13-17(5-11-23(24)25)3-2-16-4-6-19-14-20(8-7-18(19)12-16)21-9-10-22(26)15-21/h5,7-8,11,13-14,16,21-22H,2-4,6,9-10,12,15,26H2,1H3. The minimum absolute atomic E-state index is 0.285. The van der Waals surface area contributed by atoms with Crippen molar-refractivity contribution >= 4 is 0 Å². The van der Waals surface area contributed by atoms with Gasteiger partial charge in [0.2, 0.25) is 0 Å². The van der Waals surface area contributed by atoms with Crippen molar-refractivity contribution < 1.29 is 9.13 Å². The van der Waals surface area contributed by atoms with E-state index >= 15 is 0 Å². The highest BCUT2D eigenvalue weighted by molar-refractivity contribution is 5.36. The number of hydrogen-bond donors (Lipinski definition) is 1. The Morgan fingerprint density at radius 1 is 1.07 bits per heavy atom. The van der Waals surface area contributed by atoms with E-state index in [4.69, 9.17) is 10.5 Å². The third kappa shape index (κ3) is 4.19. The number of ether oxygens (including phenoxy) is 1. The van der Waals surface area contributed by atoms with E-state index < -0.39 is 0 Å². The summed E-state index contributed by atoms with van der Waals surface area (Å²) < 4.78 is 18.7. The highest BCUT2D eigenvalue weighted by Gasteiger charge is 2.25. The zero-order chi connectivity index (χ0) is 18.8. The van der Waals surface area contributed by atoms with E-state index in [0.717, 1.165) is 37.7 Å². The van der Waals surface area contributed by atoms with Crippen molar-refractivity contribution in [2.24, 2.45) is 11.7 Å². The second-order valence-electron chi connectivity index (χ2n) is 8.41. The Hall–Kier alpha value is -1.87. The molecule has 1 saturated carbocycles. The zero-order valence-corrected chi connectivity index (χ0v) is 16.2. The van der Waals surface area contributed by atoms with E-state index in [-0.39, 0.29) is 5.82 Å². The molecule has 0 radical (unpaired) electrons. The van der Waals surface area contributed by atoms with Gasteiger partial charge in [-0.15, -0.1) is 0 Å². The lowest BCUT2D eigenvalue weighted by atomic mass is 9.79. The molecule has 0 bridgehead atoms. The van der Waals surface area contributed by atoms with Gasteiger partial charge in [0, 0.05) is 6.04 Å². The maximum Gasteiger partial charge on any atom is 0.165 e. The molecule has 2 N–H and O–H groups in total. The largest absolute Gasteiger partial charge is 0.494 e. The Morgan fingerprint density at radius 2 is 1.96 bits per heavy atom. The minimum Gasteiger partial charge on any atom is -0.494 e. The van der Waals surface area contributed by atoms with Gasteiger partial charge in [-0.25, -0.2) is 4.39 Å². The molecule has 0 saturated heterocycles. The van der Waals surface area contributed by atoms with Crippen LogP contribution in [0.1, 0.15) is 60.3 Å². The molecular weight excluding hydrogens is 337 g/mol. The van der Waals surface area contributed by atoms with Gasteiger partial charge < -0.3 is 10.5 Å². The highest BCUT2D eigenvalue weighted by atomic mass is 19.1. The number of hydrogen-bond acceptors (Lipinski definition) is 2. The molecular formula is C24H30FNO. The summed E-state index contributed by atoms with van der Waals surface area (Å²) in [5, 5.41) is 0. The lowest BCUT2D eigenvalue weighted by Crippen LogP contribution is -2.16. The van der Waals surface area contributed by atoms with Gasteiger partial charge in [-0.3, -0.25) is 0 Å². The van der Waals surface area contributed by atoms with Crippen LogP contribution < -0.4 is 10.5 Å². The molecule has 3 unspecified atom stereocenters. The molecule has 2 nitrogen and oxygen atoms in total. The molecule has 2 aliphatic carbocycles. The summed E-state index contributed by atoms with van der Waals surface area (Å²) in [4.78, 5) is 0. The number of nitrogens with two attached hydrogens (primary N) is 1. The molecule has 0 aliphatic heterocycles. The van der Waals surface area contributed by atoms with Crippen LogP contribution in [-0.2, 0) is 19.3 Å². The van der Waals surface area contributed by atoms with Crippen molar-refractivity contribution in [2.45, 2.75) is 63.3 Å². The summed E-state index contributed by atoms with van der Waals surface area (Å²) in [5.41, 5.74) is 11.8. The zero-order valence-electron chi connectivity index (χ0n) is 16.2. The summed E-state index contributed by atoms with van der Waals surface area (Å²) >= 11 is 0. The third-order valence-electron chi connectivity index (χ3n) is 6.56. The van der Waals surface area contributed by atoms with Gasteiger partial charge in [0.25, 0.3) is 0 Å². The number of aryl methyl sites for hydroxylation is 2. The second kappa shape index (κ2) is 8.02. The molecule has 2 aromatic rings. The lowest BCUT2D eigenvalue weighted by Gasteiger charge is -2.26. The summed E-state index contributed by atoms with van der Waals surface area (Å²) in [6.45, 7) is 0. The molecule has 27 heavy (non-hydrogen) atoms. The fourth-order valence-electron chi connectivity index (χ4n) is 4.90. The number of benzene rings is 2. The Bertz CT molecular complexity index is 803. The van der Waals surface area contributed by atoms with Crippen LogP contribution in [0.4, 0.5) is 4.39 Å². The SMILES string of the molecule is COc1cc(CCC2CCc3cc(C4CCC(N)C4)ccc3C2)ccc1F. The Kier molecular flexibility index (Phi) is 5.49. The molecule has 2 aliphatic rings. The number of halogens is 1. The minimum atomic E-state index is -0.285. The van der Waals surface area contributed by atoms with Crippen LogP contribution >= 0.6 is 0 Å². The summed E-state index contributed by atoms with van der Waals surface area (Å²) in [5.74, 6) is 1.43. The average molecular weight is 368 g/mol. The second-order valence-corrected chi connectivity index (χ2v) is 8.41. The summed E-state index contributed by atoms with van der Waals surface area (Å²) in [7, 11) is 1.52. The van der Waals surface area contributed by atoms with E-state index in [0.29, 0.717) is 23.6 Å². The predicted molar refractivity (Wildman–Crippen MR) is 108 cm³/mol. The van der Waals surface area contributed by atoms with Crippen molar-refractivity contribution in [3.8, 4) is 5.75 Å².